The van der Waals surface area contributed by atoms with E-state index in [-0.39, 0.29) is 18.4 Å². The molecule has 0 unspecified atom stereocenters. The first-order valence-corrected chi connectivity index (χ1v) is 10.6. The van der Waals surface area contributed by atoms with Crippen molar-refractivity contribution in [1.82, 2.24) is 14.8 Å². The lowest BCUT2D eigenvalue weighted by Gasteiger charge is -2.18. The Morgan fingerprint density at radius 1 is 1.13 bits per heavy atom. The van der Waals surface area contributed by atoms with Crippen molar-refractivity contribution in [2.75, 3.05) is 17.2 Å². The van der Waals surface area contributed by atoms with Crippen molar-refractivity contribution in [1.29, 1.82) is 0 Å². The van der Waals surface area contributed by atoms with Crippen LogP contribution in [0.15, 0.2) is 36.4 Å². The number of benzene rings is 2. The van der Waals surface area contributed by atoms with Gasteiger partial charge in [-0.2, -0.15) is 0 Å². The quantitative estimate of drug-likeness (QED) is 0.647. The monoisotopic (exact) mass is 437 g/mol. The third-order valence-electron chi connectivity index (χ3n) is 5.45. The second-order valence-corrected chi connectivity index (χ2v) is 8.01. The van der Waals surface area contributed by atoms with Crippen LogP contribution in [0.2, 0.25) is 5.02 Å². The van der Waals surface area contributed by atoms with Gasteiger partial charge in [-0.1, -0.05) is 18.0 Å². The Hall–Kier alpha value is -3.39. The van der Waals surface area contributed by atoms with E-state index in [0.29, 0.717) is 33.5 Å². The number of hydrogen-bond donors (Lipinski definition) is 2. The maximum Gasteiger partial charge on any atom is 0.262 e. The van der Waals surface area contributed by atoms with Crippen LogP contribution in [0.4, 0.5) is 11.4 Å². The highest BCUT2D eigenvalue weighted by Crippen LogP contribution is 2.32. The summed E-state index contributed by atoms with van der Waals surface area (Å²) in [6, 6.07) is 10.2. The summed E-state index contributed by atoms with van der Waals surface area (Å²) >= 11 is 6.47. The highest BCUT2D eigenvalue weighted by Gasteiger charge is 2.20. The first-order valence-electron chi connectivity index (χ1n) is 10.2. The minimum atomic E-state index is -0.309. The van der Waals surface area contributed by atoms with Crippen LogP contribution in [0.5, 0.6) is 5.75 Å². The number of carbonyl (C=O) groups excluding carboxylic acids is 2. The average Bonchev–Trinajstić information content (AvgIpc) is 3.02. The smallest absolute Gasteiger partial charge is 0.262 e. The molecule has 31 heavy (non-hydrogen) atoms. The van der Waals surface area contributed by atoms with Gasteiger partial charge in [0.25, 0.3) is 11.8 Å². The molecule has 0 saturated heterocycles. The Balaban J connectivity index is 1.41. The molecule has 0 aliphatic carbocycles. The number of rotatable bonds is 3. The van der Waals surface area contributed by atoms with Crippen LogP contribution in [0.1, 0.15) is 35.4 Å². The van der Waals surface area contributed by atoms with Crippen molar-refractivity contribution in [3.8, 4) is 17.1 Å². The van der Waals surface area contributed by atoms with Gasteiger partial charge in [0.15, 0.2) is 12.4 Å². The van der Waals surface area contributed by atoms with Crippen LogP contribution in [-0.2, 0) is 17.8 Å². The lowest BCUT2D eigenvalue weighted by atomic mass is 10.1. The first kappa shape index (κ1) is 19.6. The first-order chi connectivity index (χ1) is 15.1. The second-order valence-electron chi connectivity index (χ2n) is 7.60. The summed E-state index contributed by atoms with van der Waals surface area (Å²) in [5.74, 6) is 1.66. The largest absolute Gasteiger partial charge is 0.482 e. The molecule has 0 fully saturated rings. The maximum atomic E-state index is 12.8. The van der Waals surface area contributed by atoms with Crippen molar-refractivity contribution in [2.45, 2.75) is 32.2 Å². The lowest BCUT2D eigenvalue weighted by Crippen LogP contribution is -2.25. The van der Waals surface area contributed by atoms with Crippen molar-refractivity contribution in [3.05, 3.63) is 52.8 Å². The highest BCUT2D eigenvalue weighted by molar-refractivity contribution is 6.33. The van der Waals surface area contributed by atoms with E-state index < -0.39 is 0 Å². The molecule has 0 bridgehead atoms. The molecule has 5 rings (SSSR count). The van der Waals surface area contributed by atoms with Gasteiger partial charge in [-0.05, 0) is 49.2 Å². The fraction of sp³-hybridized carbons (Fsp3) is 0.273. The number of fused-ring (bicyclic) bond motifs is 2. The average molecular weight is 438 g/mol. The summed E-state index contributed by atoms with van der Waals surface area (Å²) < 4.78 is 7.46. The summed E-state index contributed by atoms with van der Waals surface area (Å²) in [5.41, 5.74) is 2.20. The molecule has 9 heteroatoms. The van der Waals surface area contributed by atoms with Gasteiger partial charge in [0.2, 0.25) is 0 Å². The molecule has 8 nitrogen and oxygen atoms in total. The minimum Gasteiger partial charge on any atom is -0.482 e. The predicted octanol–water partition coefficient (Wildman–Crippen LogP) is 3.91. The summed E-state index contributed by atoms with van der Waals surface area (Å²) in [7, 11) is 0. The third kappa shape index (κ3) is 3.86. The number of hydrogen-bond acceptors (Lipinski definition) is 5. The number of nitrogens with one attached hydrogen (secondary N) is 2. The van der Waals surface area contributed by atoms with Gasteiger partial charge in [0.1, 0.15) is 11.6 Å². The zero-order chi connectivity index (χ0) is 21.4. The number of amides is 2. The van der Waals surface area contributed by atoms with Gasteiger partial charge >= 0.3 is 0 Å². The van der Waals surface area contributed by atoms with Crippen LogP contribution in [0.25, 0.3) is 11.4 Å². The molecule has 2 aromatic carbocycles. The van der Waals surface area contributed by atoms with Gasteiger partial charge in [0.05, 0.1) is 10.7 Å². The third-order valence-corrected chi connectivity index (χ3v) is 5.78. The molecular formula is C22H20ClN5O3. The van der Waals surface area contributed by atoms with Crippen LogP contribution < -0.4 is 15.4 Å². The molecule has 3 heterocycles. The molecule has 2 aliphatic heterocycles. The topological polar surface area (TPSA) is 98.1 Å². The van der Waals surface area contributed by atoms with E-state index in [1.54, 1.807) is 30.3 Å². The van der Waals surface area contributed by atoms with Gasteiger partial charge < -0.3 is 19.9 Å². The molecule has 0 spiro atoms. The Bertz CT molecular complexity index is 1190. The Morgan fingerprint density at radius 3 is 2.94 bits per heavy atom. The van der Waals surface area contributed by atoms with Crippen molar-refractivity contribution >= 4 is 34.8 Å². The Labute approximate surface area is 183 Å². The van der Waals surface area contributed by atoms with E-state index in [1.807, 2.05) is 6.07 Å². The standard InChI is InChI=1S/C22H20ClN5O3/c23-16-7-6-14(11-15(16)21-27-26-19-4-2-1-3-9-28(19)21)24-22(30)13-5-8-18-17(10-13)25-20(29)12-31-18/h5-8,10-11H,1-4,9,12H2,(H,24,30)(H,25,29). The van der Waals surface area contributed by atoms with E-state index in [0.717, 1.165) is 37.2 Å². The molecule has 1 aromatic heterocycles. The highest BCUT2D eigenvalue weighted by atomic mass is 35.5. The molecule has 2 aliphatic rings. The van der Waals surface area contributed by atoms with Gasteiger partial charge in [-0.25, -0.2) is 0 Å². The van der Waals surface area contributed by atoms with E-state index >= 15 is 0 Å². The lowest BCUT2D eigenvalue weighted by molar-refractivity contribution is -0.118. The van der Waals surface area contributed by atoms with Crippen molar-refractivity contribution in [3.63, 3.8) is 0 Å². The SMILES string of the molecule is O=C1COc2ccc(C(=O)Nc3ccc(Cl)c(-c4nnc5n4CCCCC5)c3)cc2N1. The van der Waals surface area contributed by atoms with Crippen LogP contribution >= 0.6 is 11.6 Å². The molecule has 3 aromatic rings. The normalized spacial score (nSPS) is 15.2. The summed E-state index contributed by atoms with van der Waals surface area (Å²) in [6.45, 7) is 0.825. The molecule has 0 atom stereocenters. The molecule has 2 N–H and O–H groups in total. The fourth-order valence-electron chi connectivity index (χ4n) is 3.89. The summed E-state index contributed by atoms with van der Waals surface area (Å²) in [4.78, 5) is 24.4. The molecule has 2 amide bonds. The van der Waals surface area contributed by atoms with Gasteiger partial charge in [-0.3, -0.25) is 9.59 Å². The minimum absolute atomic E-state index is 0.0293. The van der Waals surface area contributed by atoms with Gasteiger partial charge in [-0.15, -0.1) is 10.2 Å². The predicted molar refractivity (Wildman–Crippen MR) is 117 cm³/mol. The number of halogens is 1. The maximum absolute atomic E-state index is 12.8. The van der Waals surface area contributed by atoms with Gasteiger partial charge in [0, 0.05) is 29.8 Å². The number of anilines is 2. The molecule has 0 saturated carbocycles. The van der Waals surface area contributed by atoms with Crippen LogP contribution in [0.3, 0.4) is 0 Å². The number of aromatic nitrogens is 3. The zero-order valence-electron chi connectivity index (χ0n) is 16.7. The number of aryl methyl sites for hydroxylation is 1. The number of nitrogens with zero attached hydrogens (tertiary/aromatic N) is 3. The van der Waals surface area contributed by atoms with E-state index in [9.17, 15) is 9.59 Å². The zero-order valence-corrected chi connectivity index (χ0v) is 17.4. The molecular weight excluding hydrogens is 418 g/mol. The van der Waals surface area contributed by atoms with Crippen LogP contribution in [-0.4, -0.2) is 33.2 Å². The van der Waals surface area contributed by atoms with E-state index in [4.69, 9.17) is 16.3 Å². The second kappa shape index (κ2) is 8.03. The Kier molecular flexibility index (Phi) is 5.07. The fourth-order valence-corrected chi connectivity index (χ4v) is 4.09. The number of carbonyl (C=O) groups is 2. The van der Waals surface area contributed by atoms with Crippen LogP contribution in [0, 0.1) is 0 Å². The summed E-state index contributed by atoms with van der Waals surface area (Å²) in [5, 5.41) is 14.9. The molecule has 0 radical (unpaired) electrons. The number of ether oxygens (including phenoxy) is 1. The van der Waals surface area contributed by atoms with Crippen molar-refractivity contribution < 1.29 is 14.3 Å². The van der Waals surface area contributed by atoms with Crippen molar-refractivity contribution in [2.24, 2.45) is 0 Å². The van der Waals surface area contributed by atoms with E-state index in [1.165, 1.54) is 6.42 Å². The van der Waals surface area contributed by atoms with E-state index in [2.05, 4.69) is 25.4 Å². The molecule has 158 valence electrons. The summed E-state index contributed by atoms with van der Waals surface area (Å²) in [6.07, 6.45) is 4.25. The Morgan fingerprint density at radius 2 is 2.03 bits per heavy atom.